The Morgan fingerprint density at radius 2 is 1.90 bits per heavy atom. The van der Waals surface area contributed by atoms with Crippen LogP contribution in [0.5, 0.6) is 5.88 Å². The molecule has 4 N–H and O–H groups in total. The van der Waals surface area contributed by atoms with Gasteiger partial charge in [-0.05, 0) is 38.3 Å². The van der Waals surface area contributed by atoms with Crippen LogP contribution < -0.4 is 16.2 Å². The Balaban J connectivity index is 2.17. The van der Waals surface area contributed by atoms with Crippen molar-refractivity contribution in [3.63, 3.8) is 0 Å². The Hall–Kier alpha value is -1.62. The van der Waals surface area contributed by atoms with Gasteiger partial charge in [0.25, 0.3) is 5.91 Å². The van der Waals surface area contributed by atoms with Crippen molar-refractivity contribution in [2.75, 3.05) is 6.61 Å². The zero-order valence-electron chi connectivity index (χ0n) is 12.9. The SMILES string of the molecule is Cc1cc(C)c(C(N)=O)c(OCC2(N)CCCCCC2)n1. The quantitative estimate of drug-likeness (QED) is 0.832. The summed E-state index contributed by atoms with van der Waals surface area (Å²) in [6.45, 7) is 4.09. The number of hydrogen-bond donors (Lipinski definition) is 2. The molecule has 1 fully saturated rings. The maximum absolute atomic E-state index is 11.6. The molecule has 0 saturated heterocycles. The van der Waals surface area contributed by atoms with E-state index in [9.17, 15) is 4.79 Å². The maximum Gasteiger partial charge on any atom is 0.254 e. The molecule has 1 aliphatic carbocycles. The van der Waals surface area contributed by atoms with Gasteiger partial charge >= 0.3 is 0 Å². The molecule has 1 heterocycles. The van der Waals surface area contributed by atoms with Crippen molar-refractivity contribution < 1.29 is 9.53 Å². The number of nitrogens with zero attached hydrogens (tertiary/aromatic N) is 1. The van der Waals surface area contributed by atoms with E-state index in [0.717, 1.165) is 36.9 Å². The fourth-order valence-corrected chi connectivity index (χ4v) is 3.00. The van der Waals surface area contributed by atoms with Gasteiger partial charge in [-0.1, -0.05) is 25.7 Å². The van der Waals surface area contributed by atoms with Crippen molar-refractivity contribution in [2.45, 2.75) is 57.9 Å². The van der Waals surface area contributed by atoms with E-state index in [1.165, 1.54) is 12.8 Å². The van der Waals surface area contributed by atoms with Gasteiger partial charge in [0.15, 0.2) is 0 Å². The van der Waals surface area contributed by atoms with Crippen LogP contribution in [0.1, 0.15) is 60.1 Å². The van der Waals surface area contributed by atoms with Crippen LogP contribution in [0.25, 0.3) is 0 Å². The second-order valence-corrected chi connectivity index (χ2v) is 6.19. The summed E-state index contributed by atoms with van der Waals surface area (Å²) in [6, 6.07) is 1.83. The topological polar surface area (TPSA) is 91.2 Å². The molecule has 1 saturated carbocycles. The number of carbonyl (C=O) groups is 1. The number of ether oxygens (including phenoxy) is 1. The van der Waals surface area contributed by atoms with E-state index >= 15 is 0 Å². The minimum Gasteiger partial charge on any atom is -0.475 e. The Morgan fingerprint density at radius 3 is 2.48 bits per heavy atom. The highest BCUT2D eigenvalue weighted by Gasteiger charge is 2.28. The number of carbonyl (C=O) groups excluding carboxylic acids is 1. The van der Waals surface area contributed by atoms with Crippen molar-refractivity contribution in [2.24, 2.45) is 11.5 Å². The van der Waals surface area contributed by atoms with E-state index in [1.54, 1.807) is 0 Å². The lowest BCUT2D eigenvalue weighted by atomic mass is 9.92. The first-order valence-electron chi connectivity index (χ1n) is 7.61. The van der Waals surface area contributed by atoms with Crippen LogP contribution >= 0.6 is 0 Å². The van der Waals surface area contributed by atoms with Crippen LogP contribution in [0.15, 0.2) is 6.07 Å². The van der Waals surface area contributed by atoms with Crippen LogP contribution in [0.3, 0.4) is 0 Å². The first-order valence-corrected chi connectivity index (χ1v) is 7.61. The van der Waals surface area contributed by atoms with Gasteiger partial charge in [-0.3, -0.25) is 4.79 Å². The van der Waals surface area contributed by atoms with Crippen LogP contribution in [0.4, 0.5) is 0 Å². The van der Waals surface area contributed by atoms with Crippen molar-refractivity contribution >= 4 is 5.91 Å². The largest absolute Gasteiger partial charge is 0.475 e. The van der Waals surface area contributed by atoms with Crippen LogP contribution in [0, 0.1) is 13.8 Å². The average Bonchev–Trinajstić information content (AvgIpc) is 2.60. The standard InChI is InChI=1S/C16H25N3O2/c1-11-9-12(2)19-15(13(11)14(17)20)21-10-16(18)7-5-3-4-6-8-16/h9H,3-8,10,18H2,1-2H3,(H2,17,20). The predicted molar refractivity (Wildman–Crippen MR) is 82.3 cm³/mol. The first kappa shape index (κ1) is 15.8. The van der Waals surface area contributed by atoms with E-state index in [-0.39, 0.29) is 5.54 Å². The predicted octanol–water partition coefficient (Wildman–Crippen LogP) is 2.23. The second kappa shape index (κ2) is 6.43. The van der Waals surface area contributed by atoms with Crippen LogP contribution in [-0.2, 0) is 0 Å². The van der Waals surface area contributed by atoms with Crippen molar-refractivity contribution in [3.8, 4) is 5.88 Å². The monoisotopic (exact) mass is 291 g/mol. The summed E-state index contributed by atoms with van der Waals surface area (Å²) in [5.74, 6) is -0.198. The van der Waals surface area contributed by atoms with Crippen molar-refractivity contribution in [1.82, 2.24) is 4.98 Å². The third-order valence-corrected chi connectivity index (χ3v) is 4.15. The normalized spacial score (nSPS) is 18.0. The Labute approximate surface area is 126 Å². The fourth-order valence-electron chi connectivity index (χ4n) is 3.00. The zero-order valence-corrected chi connectivity index (χ0v) is 12.9. The molecule has 21 heavy (non-hydrogen) atoms. The summed E-state index contributed by atoms with van der Waals surface area (Å²) in [6.07, 6.45) is 6.61. The third-order valence-electron chi connectivity index (χ3n) is 4.15. The lowest BCUT2D eigenvalue weighted by Crippen LogP contribution is -2.45. The summed E-state index contributed by atoms with van der Waals surface area (Å²) < 4.78 is 5.82. The minimum atomic E-state index is -0.512. The van der Waals surface area contributed by atoms with Gasteiger partial charge < -0.3 is 16.2 Å². The number of aromatic nitrogens is 1. The van der Waals surface area contributed by atoms with Crippen LogP contribution in [0.2, 0.25) is 0 Å². The number of aryl methyl sites for hydroxylation is 2. The number of amides is 1. The van der Waals surface area contributed by atoms with Crippen molar-refractivity contribution in [1.29, 1.82) is 0 Å². The molecule has 0 aliphatic heterocycles. The molecule has 5 heteroatoms. The summed E-state index contributed by atoms with van der Waals surface area (Å²) in [5.41, 5.74) is 13.5. The van der Waals surface area contributed by atoms with E-state index in [2.05, 4.69) is 4.98 Å². The summed E-state index contributed by atoms with van der Waals surface area (Å²) in [4.78, 5) is 15.9. The molecule has 5 nitrogen and oxygen atoms in total. The second-order valence-electron chi connectivity index (χ2n) is 6.19. The molecule has 0 aromatic carbocycles. The summed E-state index contributed by atoms with van der Waals surface area (Å²) >= 11 is 0. The lowest BCUT2D eigenvalue weighted by molar-refractivity contribution is 0.0991. The fraction of sp³-hybridized carbons (Fsp3) is 0.625. The minimum absolute atomic E-state index is 0.314. The van der Waals surface area contributed by atoms with Gasteiger partial charge in [-0.2, -0.15) is 0 Å². The zero-order chi connectivity index (χ0) is 15.5. The molecule has 0 radical (unpaired) electrons. The number of rotatable bonds is 4. The summed E-state index contributed by atoms with van der Waals surface area (Å²) in [7, 11) is 0. The maximum atomic E-state index is 11.6. The molecule has 1 aromatic rings. The molecule has 0 atom stereocenters. The highest BCUT2D eigenvalue weighted by Crippen LogP contribution is 2.27. The van der Waals surface area contributed by atoms with Gasteiger partial charge in [0.05, 0.1) is 5.54 Å². The number of pyridine rings is 1. The van der Waals surface area contributed by atoms with Gasteiger partial charge in [0, 0.05) is 5.69 Å². The first-order chi connectivity index (χ1) is 9.91. The van der Waals surface area contributed by atoms with Gasteiger partial charge in [0.2, 0.25) is 5.88 Å². The Bertz CT molecular complexity index is 520. The third kappa shape index (κ3) is 3.94. The molecule has 1 aliphatic rings. The smallest absolute Gasteiger partial charge is 0.254 e. The molecule has 2 rings (SSSR count). The highest BCUT2D eigenvalue weighted by atomic mass is 16.5. The highest BCUT2D eigenvalue weighted by molar-refractivity contribution is 5.96. The molecular weight excluding hydrogens is 266 g/mol. The molecule has 0 spiro atoms. The number of hydrogen-bond acceptors (Lipinski definition) is 4. The van der Waals surface area contributed by atoms with Gasteiger partial charge in [-0.25, -0.2) is 4.98 Å². The van der Waals surface area contributed by atoms with Gasteiger partial charge in [0.1, 0.15) is 12.2 Å². The van der Waals surface area contributed by atoms with E-state index in [4.69, 9.17) is 16.2 Å². The van der Waals surface area contributed by atoms with Crippen LogP contribution in [-0.4, -0.2) is 23.0 Å². The number of nitrogens with two attached hydrogens (primary N) is 2. The number of primary amides is 1. The van der Waals surface area contributed by atoms with Gasteiger partial charge in [-0.15, -0.1) is 0 Å². The Kier molecular flexibility index (Phi) is 4.83. The molecule has 0 unspecified atom stereocenters. The molecular formula is C16H25N3O2. The molecule has 0 bridgehead atoms. The summed E-state index contributed by atoms with van der Waals surface area (Å²) in [5, 5.41) is 0. The average molecular weight is 291 g/mol. The Morgan fingerprint density at radius 1 is 1.29 bits per heavy atom. The molecule has 1 aromatic heterocycles. The van der Waals surface area contributed by atoms with Crippen molar-refractivity contribution in [3.05, 3.63) is 22.9 Å². The lowest BCUT2D eigenvalue weighted by Gasteiger charge is -2.28. The van der Waals surface area contributed by atoms with E-state index in [0.29, 0.717) is 18.1 Å². The van der Waals surface area contributed by atoms with E-state index in [1.807, 2.05) is 19.9 Å². The van der Waals surface area contributed by atoms with E-state index < -0.39 is 5.91 Å². The molecule has 116 valence electrons. The molecule has 1 amide bonds.